The van der Waals surface area contributed by atoms with Crippen LogP contribution in [0.15, 0.2) is 0 Å². The van der Waals surface area contributed by atoms with E-state index in [0.717, 1.165) is 71.2 Å². The van der Waals surface area contributed by atoms with Crippen LogP contribution in [0.2, 0.25) is 0 Å². The molecule has 0 saturated carbocycles. The third kappa shape index (κ3) is 5.04. The highest BCUT2D eigenvalue weighted by Gasteiger charge is 2.24. The van der Waals surface area contributed by atoms with Crippen molar-refractivity contribution in [3.8, 4) is 0 Å². The molecule has 2 saturated heterocycles. The second kappa shape index (κ2) is 8.60. The fourth-order valence-electron chi connectivity index (χ4n) is 3.04. The molecule has 0 unspecified atom stereocenters. The summed E-state index contributed by atoms with van der Waals surface area (Å²) in [5.41, 5.74) is 0. The summed E-state index contributed by atoms with van der Waals surface area (Å²) < 4.78 is 5.38. The van der Waals surface area contributed by atoms with Gasteiger partial charge in [0.15, 0.2) is 0 Å². The predicted octanol–water partition coefficient (Wildman–Crippen LogP) is 0.557. The Kier molecular flexibility index (Phi) is 6.76. The fourth-order valence-corrected chi connectivity index (χ4v) is 3.04. The topological polar surface area (TPSA) is 44.8 Å². The second-order valence-corrected chi connectivity index (χ2v) is 5.84. The number of hydrogen-bond donors (Lipinski definition) is 1. The van der Waals surface area contributed by atoms with Gasteiger partial charge < -0.3 is 15.0 Å². The van der Waals surface area contributed by atoms with Crippen molar-refractivity contribution in [1.82, 2.24) is 15.1 Å². The number of amides is 1. The fraction of sp³-hybridized carbons (Fsp3) is 0.933. The van der Waals surface area contributed by atoms with Gasteiger partial charge in [-0.2, -0.15) is 0 Å². The highest BCUT2D eigenvalue weighted by atomic mass is 16.5. The van der Waals surface area contributed by atoms with E-state index in [1.165, 1.54) is 6.54 Å². The first kappa shape index (κ1) is 15.7. The van der Waals surface area contributed by atoms with E-state index in [2.05, 4.69) is 17.1 Å². The quantitative estimate of drug-likeness (QED) is 0.723. The Morgan fingerprint density at radius 3 is 2.55 bits per heavy atom. The number of carbonyl (C=O) groups excluding carboxylic acids is 1. The van der Waals surface area contributed by atoms with Crippen LogP contribution in [0.5, 0.6) is 0 Å². The Morgan fingerprint density at radius 1 is 1.20 bits per heavy atom. The van der Waals surface area contributed by atoms with Gasteiger partial charge >= 0.3 is 0 Å². The first-order valence-electron chi connectivity index (χ1n) is 8.08. The van der Waals surface area contributed by atoms with E-state index in [9.17, 15) is 4.79 Å². The minimum Gasteiger partial charge on any atom is -0.379 e. The van der Waals surface area contributed by atoms with E-state index in [1.807, 2.05) is 4.90 Å². The molecule has 2 aliphatic heterocycles. The van der Waals surface area contributed by atoms with Gasteiger partial charge in [-0.25, -0.2) is 0 Å². The summed E-state index contributed by atoms with van der Waals surface area (Å²) >= 11 is 0. The van der Waals surface area contributed by atoms with Gasteiger partial charge in [0.05, 0.1) is 13.2 Å². The summed E-state index contributed by atoms with van der Waals surface area (Å²) in [6, 6.07) is 0. The molecule has 2 aliphatic rings. The molecular weight excluding hydrogens is 254 g/mol. The van der Waals surface area contributed by atoms with Gasteiger partial charge in [-0.15, -0.1) is 0 Å². The van der Waals surface area contributed by atoms with E-state index in [-0.39, 0.29) is 0 Å². The maximum absolute atomic E-state index is 12.0. The van der Waals surface area contributed by atoms with E-state index in [4.69, 9.17) is 4.74 Å². The van der Waals surface area contributed by atoms with Gasteiger partial charge in [0.1, 0.15) is 0 Å². The molecule has 0 atom stereocenters. The number of morpholine rings is 1. The number of nitrogens with zero attached hydrogens (tertiary/aromatic N) is 2. The van der Waals surface area contributed by atoms with Crippen molar-refractivity contribution < 1.29 is 9.53 Å². The number of piperidine rings is 1. The highest BCUT2D eigenvalue weighted by molar-refractivity contribution is 5.76. The van der Waals surface area contributed by atoms with Crippen LogP contribution in [0, 0.1) is 5.92 Å². The first-order chi connectivity index (χ1) is 9.79. The van der Waals surface area contributed by atoms with E-state index in [1.54, 1.807) is 0 Å². The number of ether oxygens (including phenoxy) is 1. The minimum absolute atomic E-state index is 0.316. The molecule has 5 heteroatoms. The first-order valence-corrected chi connectivity index (χ1v) is 8.08. The molecule has 2 heterocycles. The Hall–Kier alpha value is -0.650. The largest absolute Gasteiger partial charge is 0.379 e. The van der Waals surface area contributed by atoms with Crippen LogP contribution in [0.1, 0.15) is 26.2 Å². The Bertz CT molecular complexity index is 285. The van der Waals surface area contributed by atoms with Crippen LogP contribution < -0.4 is 5.32 Å². The summed E-state index contributed by atoms with van der Waals surface area (Å²) in [4.78, 5) is 16.6. The molecule has 0 aliphatic carbocycles. The van der Waals surface area contributed by atoms with Gasteiger partial charge in [0.25, 0.3) is 0 Å². The monoisotopic (exact) mass is 283 g/mol. The highest BCUT2D eigenvalue weighted by Crippen LogP contribution is 2.19. The van der Waals surface area contributed by atoms with E-state index in [0.29, 0.717) is 12.3 Å². The molecule has 116 valence electrons. The lowest BCUT2D eigenvalue weighted by molar-refractivity contribution is -0.132. The van der Waals surface area contributed by atoms with Gasteiger partial charge in [-0.3, -0.25) is 9.69 Å². The third-order valence-electron chi connectivity index (χ3n) is 4.35. The second-order valence-electron chi connectivity index (χ2n) is 5.84. The Morgan fingerprint density at radius 2 is 1.90 bits per heavy atom. The van der Waals surface area contributed by atoms with Crippen LogP contribution in [0.3, 0.4) is 0 Å². The zero-order valence-corrected chi connectivity index (χ0v) is 12.8. The van der Waals surface area contributed by atoms with Crippen LogP contribution in [-0.4, -0.2) is 74.7 Å². The lowest BCUT2D eigenvalue weighted by Gasteiger charge is -2.36. The zero-order valence-electron chi connectivity index (χ0n) is 12.8. The molecule has 0 bridgehead atoms. The lowest BCUT2D eigenvalue weighted by atomic mass is 9.96. The molecule has 0 aromatic heterocycles. The third-order valence-corrected chi connectivity index (χ3v) is 4.35. The van der Waals surface area contributed by atoms with Crippen molar-refractivity contribution in [3.63, 3.8) is 0 Å². The Balaban J connectivity index is 1.62. The van der Waals surface area contributed by atoms with Crippen molar-refractivity contribution in [2.45, 2.75) is 26.2 Å². The van der Waals surface area contributed by atoms with E-state index >= 15 is 0 Å². The minimum atomic E-state index is 0.316. The average Bonchev–Trinajstić information content (AvgIpc) is 2.49. The standard InChI is InChI=1S/C15H29N3O2/c1-2-16-6-3-15(19)18-7-4-14(5-8-18)13-17-9-11-20-12-10-17/h14,16H,2-13H2,1H3. The van der Waals surface area contributed by atoms with Crippen molar-refractivity contribution in [3.05, 3.63) is 0 Å². The summed E-state index contributed by atoms with van der Waals surface area (Å²) in [5.74, 6) is 1.07. The molecule has 0 aromatic carbocycles. The molecule has 0 aromatic rings. The summed E-state index contributed by atoms with van der Waals surface area (Å²) in [6.07, 6.45) is 2.95. The molecular formula is C15H29N3O2. The Labute approximate surface area is 122 Å². The van der Waals surface area contributed by atoms with Gasteiger partial charge in [-0.05, 0) is 25.3 Å². The molecule has 1 N–H and O–H groups in total. The number of rotatable bonds is 6. The molecule has 0 spiro atoms. The number of hydrogen-bond acceptors (Lipinski definition) is 4. The molecule has 1 amide bonds. The van der Waals surface area contributed by atoms with Gasteiger partial charge in [0.2, 0.25) is 5.91 Å². The molecule has 2 fully saturated rings. The summed E-state index contributed by atoms with van der Waals surface area (Å²) in [6.45, 7) is 10.8. The lowest BCUT2D eigenvalue weighted by Crippen LogP contribution is -2.44. The van der Waals surface area contributed by atoms with Crippen LogP contribution in [0.4, 0.5) is 0 Å². The number of carbonyl (C=O) groups is 1. The van der Waals surface area contributed by atoms with Crippen LogP contribution >= 0.6 is 0 Å². The zero-order chi connectivity index (χ0) is 14.2. The normalized spacial score (nSPS) is 22.1. The summed E-state index contributed by atoms with van der Waals surface area (Å²) in [7, 11) is 0. The van der Waals surface area contributed by atoms with Crippen molar-refractivity contribution in [2.24, 2.45) is 5.92 Å². The summed E-state index contributed by atoms with van der Waals surface area (Å²) in [5, 5.41) is 3.22. The predicted molar refractivity (Wildman–Crippen MR) is 79.7 cm³/mol. The number of nitrogens with one attached hydrogen (secondary N) is 1. The van der Waals surface area contributed by atoms with Crippen LogP contribution in [-0.2, 0) is 9.53 Å². The molecule has 20 heavy (non-hydrogen) atoms. The van der Waals surface area contributed by atoms with Crippen LogP contribution in [0.25, 0.3) is 0 Å². The molecule has 2 rings (SSSR count). The average molecular weight is 283 g/mol. The molecule has 5 nitrogen and oxygen atoms in total. The SMILES string of the molecule is CCNCCC(=O)N1CCC(CN2CCOCC2)CC1. The van der Waals surface area contributed by atoms with Crippen molar-refractivity contribution in [1.29, 1.82) is 0 Å². The van der Waals surface area contributed by atoms with Gasteiger partial charge in [-0.1, -0.05) is 6.92 Å². The number of likely N-dealkylation sites (tertiary alicyclic amines) is 1. The van der Waals surface area contributed by atoms with Crippen molar-refractivity contribution in [2.75, 3.05) is 59.0 Å². The maximum atomic E-state index is 12.0. The molecule has 0 radical (unpaired) electrons. The van der Waals surface area contributed by atoms with Crippen molar-refractivity contribution >= 4 is 5.91 Å². The smallest absolute Gasteiger partial charge is 0.223 e. The van der Waals surface area contributed by atoms with Gasteiger partial charge in [0, 0.05) is 45.7 Å². The van der Waals surface area contributed by atoms with E-state index < -0.39 is 0 Å². The maximum Gasteiger partial charge on any atom is 0.223 e.